The van der Waals surface area contributed by atoms with Crippen molar-refractivity contribution in [2.75, 3.05) is 13.2 Å². The van der Waals surface area contributed by atoms with E-state index in [1.54, 1.807) is 0 Å². The van der Waals surface area contributed by atoms with Crippen LogP contribution in [0, 0.1) is 0 Å². The van der Waals surface area contributed by atoms with Gasteiger partial charge in [0.05, 0.1) is 19.3 Å². The first-order chi connectivity index (χ1) is 16.1. The largest absolute Gasteiger partial charge is 0.444 e. The molecule has 1 fully saturated rings. The van der Waals surface area contributed by atoms with Gasteiger partial charge < -0.3 is 18.5 Å². The van der Waals surface area contributed by atoms with E-state index in [1.807, 2.05) is 25.7 Å². The maximum absolute atomic E-state index is 13.1. The van der Waals surface area contributed by atoms with Crippen molar-refractivity contribution in [3.8, 4) is 0 Å². The molecule has 0 unspecified atom stereocenters. The van der Waals surface area contributed by atoms with Crippen molar-refractivity contribution in [3.05, 3.63) is 35.4 Å². The summed E-state index contributed by atoms with van der Waals surface area (Å²) in [6.45, 7) is 30.3. The van der Waals surface area contributed by atoms with Crippen LogP contribution in [0.4, 0.5) is 4.79 Å². The highest BCUT2D eigenvalue weighted by Crippen LogP contribution is 2.40. The van der Waals surface area contributed by atoms with Crippen LogP contribution in [0.2, 0.25) is 36.3 Å². The summed E-state index contributed by atoms with van der Waals surface area (Å²) in [6.07, 6.45) is 0.665. The van der Waals surface area contributed by atoms with Gasteiger partial charge in [-0.2, -0.15) is 0 Å². The topological polar surface area (TPSA) is 48.0 Å². The summed E-state index contributed by atoms with van der Waals surface area (Å²) in [5.41, 5.74) is 1.92. The van der Waals surface area contributed by atoms with Gasteiger partial charge in [0, 0.05) is 12.5 Å². The van der Waals surface area contributed by atoms with Crippen molar-refractivity contribution in [3.63, 3.8) is 0 Å². The first-order valence-electron chi connectivity index (χ1n) is 13.5. The predicted molar refractivity (Wildman–Crippen MR) is 156 cm³/mol. The lowest BCUT2D eigenvalue weighted by molar-refractivity contribution is 0.0171. The molecule has 0 aromatic heterocycles. The van der Waals surface area contributed by atoms with Crippen LogP contribution in [0.25, 0.3) is 0 Å². The molecule has 1 amide bonds. The fraction of sp³-hybridized carbons (Fsp3) is 0.759. The third-order valence-corrected chi connectivity index (χ3v) is 17.4. The number of carbonyl (C=O) groups excluding carboxylic acids is 1. The summed E-state index contributed by atoms with van der Waals surface area (Å²) in [5, 5.41) is 0.308. The van der Waals surface area contributed by atoms with Gasteiger partial charge in [-0.15, -0.1) is 0 Å². The van der Waals surface area contributed by atoms with Crippen LogP contribution in [0.5, 0.6) is 0 Å². The molecule has 0 radical (unpaired) electrons. The van der Waals surface area contributed by atoms with E-state index in [1.165, 1.54) is 11.1 Å². The number of ether oxygens (including phenoxy) is 1. The minimum Gasteiger partial charge on any atom is -0.444 e. The Morgan fingerprint density at radius 1 is 0.861 bits per heavy atom. The van der Waals surface area contributed by atoms with Crippen molar-refractivity contribution >= 4 is 22.7 Å². The highest BCUT2D eigenvalue weighted by atomic mass is 28.4. The number of carbonyl (C=O) groups is 1. The summed E-state index contributed by atoms with van der Waals surface area (Å²) < 4.78 is 18.8. The van der Waals surface area contributed by atoms with Gasteiger partial charge >= 0.3 is 6.09 Å². The lowest BCUT2D eigenvalue weighted by Gasteiger charge is -2.39. The van der Waals surface area contributed by atoms with Gasteiger partial charge in [-0.25, -0.2) is 4.79 Å². The molecule has 2 atom stereocenters. The molecule has 5 nitrogen and oxygen atoms in total. The quantitative estimate of drug-likeness (QED) is 0.329. The van der Waals surface area contributed by atoms with Crippen molar-refractivity contribution in [1.29, 1.82) is 0 Å². The van der Waals surface area contributed by atoms with Crippen LogP contribution < -0.4 is 0 Å². The zero-order valence-corrected chi connectivity index (χ0v) is 27.4. The summed E-state index contributed by atoms with van der Waals surface area (Å²) in [7, 11) is -3.75. The van der Waals surface area contributed by atoms with Crippen LogP contribution in [-0.4, -0.2) is 52.4 Å². The van der Waals surface area contributed by atoms with Crippen LogP contribution in [0.1, 0.15) is 85.8 Å². The van der Waals surface area contributed by atoms with Gasteiger partial charge in [0.1, 0.15) is 5.60 Å². The van der Waals surface area contributed by atoms with Crippen LogP contribution in [0.15, 0.2) is 24.3 Å². The Morgan fingerprint density at radius 2 is 1.36 bits per heavy atom. The Bertz CT molecular complexity index is 877. The molecule has 1 saturated heterocycles. The molecule has 36 heavy (non-hydrogen) atoms. The van der Waals surface area contributed by atoms with E-state index in [9.17, 15) is 4.79 Å². The van der Waals surface area contributed by atoms with Gasteiger partial charge in [0.25, 0.3) is 0 Å². The zero-order chi connectivity index (χ0) is 27.7. The van der Waals surface area contributed by atoms with Crippen molar-refractivity contribution in [2.24, 2.45) is 0 Å². The Morgan fingerprint density at radius 3 is 1.83 bits per heavy atom. The van der Waals surface area contributed by atoms with Gasteiger partial charge in [-0.1, -0.05) is 65.8 Å². The molecule has 2 rings (SSSR count). The minimum atomic E-state index is -1.96. The van der Waals surface area contributed by atoms with E-state index in [-0.39, 0.29) is 28.1 Å². The molecule has 0 spiro atoms. The second-order valence-electron chi connectivity index (χ2n) is 14.5. The molecule has 1 aliphatic rings. The average molecular weight is 536 g/mol. The number of hydrogen-bond acceptors (Lipinski definition) is 4. The van der Waals surface area contributed by atoms with E-state index in [0.717, 1.165) is 6.42 Å². The number of rotatable bonds is 7. The molecule has 1 aromatic rings. The summed E-state index contributed by atoms with van der Waals surface area (Å²) in [6, 6.07) is 8.76. The van der Waals surface area contributed by atoms with Gasteiger partial charge in [0.15, 0.2) is 16.6 Å². The third kappa shape index (κ3) is 7.92. The van der Waals surface area contributed by atoms with E-state index in [2.05, 4.69) is 92.0 Å². The van der Waals surface area contributed by atoms with Crippen molar-refractivity contribution in [1.82, 2.24) is 4.90 Å². The molecule has 0 aliphatic carbocycles. The lowest BCUT2D eigenvalue weighted by Crippen LogP contribution is -2.48. The molecule has 1 heterocycles. The minimum absolute atomic E-state index is 0.0386. The smallest absolute Gasteiger partial charge is 0.410 e. The molecule has 1 aromatic carbocycles. The standard InChI is InChI=1S/C29H53NO4Si2/c1-27(2,3)34-26(31)30-19-18-24(25(30)21-33-36(12,13)29(7,8)9)23-16-14-22(15-17-23)20-32-35(10,11)28(4,5)6/h14-17,24-25H,18-21H2,1-13H3/t24-,25-/m1/s1. The first kappa shape index (κ1) is 31.1. The Hall–Kier alpha value is -1.16. The molecule has 206 valence electrons. The third-order valence-electron chi connectivity index (χ3n) is 8.41. The SMILES string of the molecule is CC(C)(C)OC(=O)N1CC[C@H](c2ccc(CO[Si](C)(C)C(C)(C)C)cc2)[C@H]1CO[Si](C)(C)C(C)(C)C. The Balaban J connectivity index is 2.23. The average Bonchev–Trinajstić information content (AvgIpc) is 3.12. The highest BCUT2D eigenvalue weighted by Gasteiger charge is 2.43. The lowest BCUT2D eigenvalue weighted by atomic mass is 9.91. The Kier molecular flexibility index (Phi) is 9.42. The van der Waals surface area contributed by atoms with Crippen LogP contribution in [-0.2, 0) is 20.2 Å². The molecule has 1 aliphatic heterocycles. The highest BCUT2D eigenvalue weighted by molar-refractivity contribution is 6.74. The normalized spacial score (nSPS) is 20.1. The van der Waals surface area contributed by atoms with E-state index in [4.69, 9.17) is 13.6 Å². The molecular weight excluding hydrogens is 482 g/mol. The number of nitrogens with zero attached hydrogens (tertiary/aromatic N) is 1. The van der Waals surface area contributed by atoms with E-state index >= 15 is 0 Å². The van der Waals surface area contributed by atoms with E-state index < -0.39 is 22.2 Å². The fourth-order valence-corrected chi connectivity index (χ4v) is 5.83. The second kappa shape index (κ2) is 10.9. The molecule has 7 heteroatoms. The van der Waals surface area contributed by atoms with Crippen molar-refractivity contribution in [2.45, 2.75) is 129 Å². The monoisotopic (exact) mass is 535 g/mol. The molecule has 0 N–H and O–H groups in total. The molecule has 0 saturated carbocycles. The Labute approximate surface area is 223 Å². The van der Waals surface area contributed by atoms with Crippen LogP contribution in [0.3, 0.4) is 0 Å². The van der Waals surface area contributed by atoms with E-state index in [0.29, 0.717) is 19.8 Å². The summed E-state index contributed by atoms with van der Waals surface area (Å²) in [4.78, 5) is 15.0. The number of amides is 1. The zero-order valence-electron chi connectivity index (χ0n) is 25.4. The summed E-state index contributed by atoms with van der Waals surface area (Å²) >= 11 is 0. The van der Waals surface area contributed by atoms with Crippen LogP contribution >= 0.6 is 0 Å². The molecule has 0 bridgehead atoms. The van der Waals surface area contributed by atoms with Gasteiger partial charge in [-0.3, -0.25) is 0 Å². The van der Waals surface area contributed by atoms with Gasteiger partial charge in [0.2, 0.25) is 0 Å². The first-order valence-corrected chi connectivity index (χ1v) is 19.3. The summed E-state index contributed by atoms with van der Waals surface area (Å²) in [5.74, 6) is 0.220. The maximum Gasteiger partial charge on any atom is 0.410 e. The second-order valence-corrected chi connectivity index (χ2v) is 24.1. The molecular formula is C29H53NO4Si2. The maximum atomic E-state index is 13.1. The number of benzene rings is 1. The number of hydrogen-bond donors (Lipinski definition) is 0. The predicted octanol–water partition coefficient (Wildman–Crippen LogP) is 8.32. The van der Waals surface area contributed by atoms with Gasteiger partial charge in [-0.05, 0) is 74.6 Å². The van der Waals surface area contributed by atoms with Crippen molar-refractivity contribution < 1.29 is 18.4 Å². The fourth-order valence-electron chi connectivity index (χ4n) is 3.85. The number of likely N-dealkylation sites (tertiary alicyclic amines) is 1.